The van der Waals surface area contributed by atoms with Gasteiger partial charge in [-0.05, 0) is 6.07 Å². The van der Waals surface area contributed by atoms with Crippen molar-refractivity contribution in [2.75, 3.05) is 5.43 Å². The van der Waals surface area contributed by atoms with Crippen LogP contribution in [0, 0.1) is 0 Å². The minimum absolute atomic E-state index is 0.356. The fourth-order valence-electron chi connectivity index (χ4n) is 2.04. The van der Waals surface area contributed by atoms with E-state index in [-0.39, 0.29) is 0 Å². The highest BCUT2D eigenvalue weighted by Crippen LogP contribution is 2.26. The number of para-hydroxylation sites is 1. The van der Waals surface area contributed by atoms with Gasteiger partial charge in [0.05, 0.1) is 11.2 Å². The first-order valence-electron chi connectivity index (χ1n) is 6.16. The summed E-state index contributed by atoms with van der Waals surface area (Å²) >= 11 is 0. The van der Waals surface area contributed by atoms with Gasteiger partial charge in [-0.1, -0.05) is 48.5 Å². The Balaban J connectivity index is 2.20. The van der Waals surface area contributed by atoms with Crippen molar-refractivity contribution in [1.29, 1.82) is 0 Å². The van der Waals surface area contributed by atoms with Crippen LogP contribution in [0.25, 0.3) is 22.2 Å². The summed E-state index contributed by atoms with van der Waals surface area (Å²) in [5.41, 5.74) is 7.65. The van der Waals surface area contributed by atoms with Crippen molar-refractivity contribution in [2.24, 2.45) is 0 Å². The number of hydrazine groups is 1. The average molecular weight is 264 g/mol. The molecule has 0 unspecified atom stereocenters. The highest BCUT2D eigenvalue weighted by molar-refractivity contribution is 5.93. The molecule has 0 saturated carbocycles. The minimum atomic E-state index is 0.356. The van der Waals surface area contributed by atoms with E-state index in [2.05, 4.69) is 20.8 Å². The highest BCUT2D eigenvalue weighted by Gasteiger charge is 2.08. The van der Waals surface area contributed by atoms with Gasteiger partial charge in [0.1, 0.15) is 0 Å². The molecule has 0 spiro atoms. The van der Waals surface area contributed by atoms with Crippen molar-refractivity contribution < 1.29 is 4.79 Å². The Kier molecular flexibility index (Phi) is 3.24. The van der Waals surface area contributed by atoms with Gasteiger partial charge in [-0.3, -0.25) is 15.6 Å². The summed E-state index contributed by atoms with van der Waals surface area (Å²) in [5.74, 6) is 0.356. The van der Waals surface area contributed by atoms with Crippen LogP contribution in [0.3, 0.4) is 0 Å². The molecular formula is C15H12N4O. The second kappa shape index (κ2) is 5.36. The zero-order valence-electron chi connectivity index (χ0n) is 10.6. The van der Waals surface area contributed by atoms with E-state index in [0.29, 0.717) is 12.4 Å². The Morgan fingerprint density at radius 3 is 2.45 bits per heavy atom. The van der Waals surface area contributed by atoms with Gasteiger partial charge in [0.15, 0.2) is 0 Å². The molecule has 0 atom stereocenters. The Morgan fingerprint density at radius 1 is 0.900 bits per heavy atom. The van der Waals surface area contributed by atoms with E-state index in [0.717, 1.165) is 22.2 Å². The molecule has 1 amide bonds. The summed E-state index contributed by atoms with van der Waals surface area (Å²) in [6, 6.07) is 17.6. The van der Waals surface area contributed by atoms with Gasteiger partial charge in [-0.15, -0.1) is 0 Å². The molecule has 5 nitrogen and oxygen atoms in total. The Bertz CT molecular complexity index is 743. The van der Waals surface area contributed by atoms with Crippen LogP contribution >= 0.6 is 0 Å². The summed E-state index contributed by atoms with van der Waals surface area (Å²) in [6.07, 6.45) is 0.542. The number of rotatable bonds is 4. The first-order valence-corrected chi connectivity index (χ1v) is 6.16. The Hall–Kier alpha value is -2.95. The van der Waals surface area contributed by atoms with Gasteiger partial charge in [-0.2, -0.15) is 0 Å². The molecule has 0 bridgehead atoms. The summed E-state index contributed by atoms with van der Waals surface area (Å²) in [4.78, 5) is 19.2. The highest BCUT2D eigenvalue weighted by atomic mass is 16.1. The molecule has 98 valence electrons. The van der Waals surface area contributed by atoms with Crippen LogP contribution in [0.4, 0.5) is 5.95 Å². The van der Waals surface area contributed by atoms with Gasteiger partial charge in [0.2, 0.25) is 12.4 Å². The van der Waals surface area contributed by atoms with E-state index in [4.69, 9.17) is 0 Å². The number of hydrogen-bond acceptors (Lipinski definition) is 4. The van der Waals surface area contributed by atoms with E-state index in [1.54, 1.807) is 0 Å². The lowest BCUT2D eigenvalue weighted by Gasteiger charge is -2.09. The molecule has 3 aromatic rings. The number of benzene rings is 2. The van der Waals surface area contributed by atoms with Crippen molar-refractivity contribution >= 4 is 23.3 Å². The summed E-state index contributed by atoms with van der Waals surface area (Å²) in [5, 5.41) is 0.968. The summed E-state index contributed by atoms with van der Waals surface area (Å²) < 4.78 is 0. The van der Waals surface area contributed by atoms with Crippen LogP contribution in [-0.4, -0.2) is 16.4 Å². The third-order valence-corrected chi connectivity index (χ3v) is 2.89. The number of nitrogens with one attached hydrogen (secondary N) is 2. The molecule has 3 rings (SSSR count). The van der Waals surface area contributed by atoms with E-state index in [9.17, 15) is 4.79 Å². The normalized spacial score (nSPS) is 10.2. The van der Waals surface area contributed by atoms with Crippen molar-refractivity contribution in [3.05, 3.63) is 54.6 Å². The number of carbonyl (C=O) groups excluding carboxylic acids is 1. The van der Waals surface area contributed by atoms with E-state index in [1.165, 1.54) is 0 Å². The van der Waals surface area contributed by atoms with Gasteiger partial charge < -0.3 is 0 Å². The van der Waals surface area contributed by atoms with Crippen LogP contribution < -0.4 is 10.9 Å². The maximum absolute atomic E-state index is 10.4. The van der Waals surface area contributed by atoms with Crippen molar-refractivity contribution in [1.82, 2.24) is 15.4 Å². The maximum Gasteiger partial charge on any atom is 0.242 e. The zero-order chi connectivity index (χ0) is 13.8. The molecule has 20 heavy (non-hydrogen) atoms. The minimum Gasteiger partial charge on any atom is -0.277 e. The smallest absolute Gasteiger partial charge is 0.242 e. The first-order chi connectivity index (χ1) is 9.88. The van der Waals surface area contributed by atoms with Crippen LogP contribution in [0.2, 0.25) is 0 Å². The third kappa shape index (κ3) is 2.29. The quantitative estimate of drug-likeness (QED) is 0.561. The standard InChI is InChI=1S/C15H12N4O/c20-10-16-19-15-17-13-9-5-4-8-12(13)14(18-15)11-6-2-1-3-7-11/h1-10H,(H,16,20)(H,17,18,19). The predicted octanol–water partition coefficient (Wildman–Crippen LogP) is 2.37. The number of amides is 1. The van der Waals surface area contributed by atoms with E-state index < -0.39 is 0 Å². The molecule has 2 N–H and O–H groups in total. The molecule has 0 aliphatic heterocycles. The lowest BCUT2D eigenvalue weighted by molar-refractivity contribution is -0.109. The van der Waals surface area contributed by atoms with E-state index >= 15 is 0 Å². The van der Waals surface area contributed by atoms with Gasteiger partial charge >= 0.3 is 0 Å². The van der Waals surface area contributed by atoms with Crippen LogP contribution in [0.15, 0.2) is 54.6 Å². The number of nitrogens with zero attached hydrogens (tertiary/aromatic N) is 2. The SMILES string of the molecule is O=CNNc1nc(-c2ccccc2)c2ccccc2n1. The second-order valence-corrected chi connectivity index (χ2v) is 4.17. The van der Waals surface area contributed by atoms with Crippen molar-refractivity contribution in [2.45, 2.75) is 0 Å². The van der Waals surface area contributed by atoms with Gasteiger partial charge in [0.25, 0.3) is 0 Å². The summed E-state index contributed by atoms with van der Waals surface area (Å²) in [6.45, 7) is 0. The molecular weight excluding hydrogens is 252 g/mol. The number of aromatic nitrogens is 2. The molecule has 0 fully saturated rings. The molecule has 1 aromatic heterocycles. The van der Waals surface area contributed by atoms with E-state index in [1.807, 2.05) is 54.6 Å². The zero-order valence-corrected chi connectivity index (χ0v) is 10.6. The summed E-state index contributed by atoms with van der Waals surface area (Å²) in [7, 11) is 0. The molecule has 0 aliphatic rings. The van der Waals surface area contributed by atoms with Crippen molar-refractivity contribution in [3.63, 3.8) is 0 Å². The fraction of sp³-hybridized carbons (Fsp3) is 0. The molecule has 1 heterocycles. The van der Waals surface area contributed by atoms with Crippen molar-refractivity contribution in [3.8, 4) is 11.3 Å². The number of anilines is 1. The maximum atomic E-state index is 10.4. The second-order valence-electron chi connectivity index (χ2n) is 4.17. The van der Waals surface area contributed by atoms with Crippen LogP contribution in [0.5, 0.6) is 0 Å². The lowest BCUT2D eigenvalue weighted by atomic mass is 10.1. The van der Waals surface area contributed by atoms with Crippen LogP contribution in [0.1, 0.15) is 0 Å². The Labute approximate surface area is 115 Å². The molecule has 0 saturated heterocycles. The first kappa shape index (κ1) is 12.1. The Morgan fingerprint density at radius 2 is 1.65 bits per heavy atom. The van der Waals surface area contributed by atoms with Crippen LogP contribution in [-0.2, 0) is 4.79 Å². The number of carbonyl (C=O) groups is 1. The third-order valence-electron chi connectivity index (χ3n) is 2.89. The topological polar surface area (TPSA) is 66.9 Å². The molecule has 0 aliphatic carbocycles. The average Bonchev–Trinajstić information content (AvgIpc) is 2.53. The van der Waals surface area contributed by atoms with Gasteiger partial charge in [-0.25, -0.2) is 9.97 Å². The monoisotopic (exact) mass is 264 g/mol. The molecule has 5 heteroatoms. The fourth-order valence-corrected chi connectivity index (χ4v) is 2.04. The largest absolute Gasteiger partial charge is 0.277 e. The lowest BCUT2D eigenvalue weighted by Crippen LogP contribution is -2.21. The van der Waals surface area contributed by atoms with Gasteiger partial charge in [0, 0.05) is 10.9 Å². The predicted molar refractivity (Wildman–Crippen MR) is 77.8 cm³/mol. The number of hydrogen-bond donors (Lipinski definition) is 2. The number of fused-ring (bicyclic) bond motifs is 1. The molecule has 2 aromatic carbocycles. The molecule has 0 radical (unpaired) electrons.